The molecular weight excluding hydrogens is 436 g/mol. The fraction of sp³-hybridized carbons (Fsp3) is 0.636. The van der Waals surface area contributed by atoms with Gasteiger partial charge in [-0.05, 0) is 40.5 Å². The Hall–Kier alpha value is -0.584. The standard InChI is InChI=1S/C12H20O3.C7H12O4.C3H5.ClH.Mg/c1-5-7-12(13,8-6-2)10-9-14-11(3,4)15-10;1-7(2)10-4-5(11-7)6(8)9-3;1-3-2;;/h5-6,10,13H,1-2,7-9H2,3-4H3;5H,4H2,1-3H3;3H,1-2H2;1H;/q;;-1;;+2/p-1. The van der Waals surface area contributed by atoms with E-state index in [4.69, 9.17) is 18.9 Å². The van der Waals surface area contributed by atoms with Crippen LogP contribution in [0.3, 0.4) is 0 Å². The molecule has 2 fully saturated rings. The molecule has 2 aliphatic rings. The summed E-state index contributed by atoms with van der Waals surface area (Å²) in [6.45, 7) is 21.7. The predicted octanol–water partition coefficient (Wildman–Crippen LogP) is -0.0382. The average molecular weight is 473 g/mol. The molecule has 2 atom stereocenters. The molecule has 0 aromatic carbocycles. The first-order chi connectivity index (χ1) is 13.4. The number of hydrogen-bond acceptors (Lipinski definition) is 7. The normalized spacial score (nSPS) is 22.6. The van der Waals surface area contributed by atoms with E-state index in [9.17, 15) is 9.90 Å². The van der Waals surface area contributed by atoms with Gasteiger partial charge in [0.25, 0.3) is 0 Å². The van der Waals surface area contributed by atoms with Gasteiger partial charge in [0.15, 0.2) is 17.7 Å². The van der Waals surface area contributed by atoms with Crippen molar-refractivity contribution in [1.29, 1.82) is 0 Å². The molecule has 0 amide bonds. The monoisotopic (exact) mass is 472 g/mol. The Morgan fingerprint density at radius 2 is 1.52 bits per heavy atom. The molecule has 2 saturated heterocycles. The quantitative estimate of drug-likeness (QED) is 0.251. The SMILES string of the molecule is C=CCC(O)(CC=C)C1COC(C)(C)O1.C=C[CH2-].COC(=O)C1COC(C)(C)O1.[Cl-].[Mg+2]. The van der Waals surface area contributed by atoms with E-state index in [2.05, 4.69) is 31.4 Å². The third-order valence-corrected chi connectivity index (χ3v) is 4.08. The van der Waals surface area contributed by atoms with Crippen molar-refractivity contribution in [3.63, 3.8) is 0 Å². The van der Waals surface area contributed by atoms with Crippen LogP contribution in [0.1, 0.15) is 40.5 Å². The maximum Gasteiger partial charge on any atom is 2.00 e. The van der Waals surface area contributed by atoms with Crippen LogP contribution in [0.15, 0.2) is 38.0 Å². The maximum atomic E-state index is 10.9. The van der Waals surface area contributed by atoms with E-state index in [1.807, 2.05) is 13.8 Å². The van der Waals surface area contributed by atoms with Gasteiger partial charge in [0.2, 0.25) is 0 Å². The van der Waals surface area contributed by atoms with Gasteiger partial charge in [0.05, 0.1) is 25.9 Å². The molecule has 2 rings (SSSR count). The first-order valence-electron chi connectivity index (χ1n) is 9.46. The fourth-order valence-electron chi connectivity index (χ4n) is 2.73. The minimum Gasteiger partial charge on any atom is -1.00 e. The molecule has 1 N–H and O–H groups in total. The first-order valence-corrected chi connectivity index (χ1v) is 9.46. The summed E-state index contributed by atoms with van der Waals surface area (Å²) in [6, 6.07) is 0. The largest absolute Gasteiger partial charge is 2.00 e. The second-order valence-electron chi connectivity index (χ2n) is 7.54. The molecule has 2 aliphatic heterocycles. The van der Waals surface area contributed by atoms with Crippen LogP contribution in [0.4, 0.5) is 0 Å². The van der Waals surface area contributed by atoms with Crippen LogP contribution in [0.25, 0.3) is 0 Å². The summed E-state index contributed by atoms with van der Waals surface area (Å²) in [6.07, 6.45) is 4.96. The van der Waals surface area contributed by atoms with Gasteiger partial charge in [0, 0.05) is 0 Å². The molecular formula is C22H37ClMgO7. The molecule has 0 aromatic rings. The van der Waals surface area contributed by atoms with E-state index in [-0.39, 0.29) is 54.1 Å². The zero-order valence-electron chi connectivity index (χ0n) is 19.5. The molecule has 7 nitrogen and oxygen atoms in total. The van der Waals surface area contributed by atoms with E-state index in [0.717, 1.165) is 0 Å². The Labute approximate surface area is 209 Å². The van der Waals surface area contributed by atoms with Gasteiger partial charge in [-0.15, -0.1) is 13.2 Å². The van der Waals surface area contributed by atoms with Crippen LogP contribution in [-0.4, -0.2) is 83.8 Å². The van der Waals surface area contributed by atoms with Gasteiger partial charge >= 0.3 is 29.0 Å². The van der Waals surface area contributed by atoms with E-state index < -0.39 is 23.3 Å². The van der Waals surface area contributed by atoms with Gasteiger partial charge in [-0.2, -0.15) is 0 Å². The van der Waals surface area contributed by atoms with Crippen LogP contribution in [-0.2, 0) is 28.5 Å². The Balaban J connectivity index is -0.000000436. The second-order valence-corrected chi connectivity index (χ2v) is 7.54. The number of esters is 1. The summed E-state index contributed by atoms with van der Waals surface area (Å²) in [5.74, 6) is -1.64. The second kappa shape index (κ2) is 16.1. The molecule has 176 valence electrons. The number of allylic oxidation sites excluding steroid dienone is 1. The van der Waals surface area contributed by atoms with Gasteiger partial charge in [-0.25, -0.2) is 24.4 Å². The first kappa shape index (κ1) is 35.0. The predicted molar refractivity (Wildman–Crippen MR) is 118 cm³/mol. The van der Waals surface area contributed by atoms with Crippen LogP contribution >= 0.6 is 0 Å². The average Bonchev–Trinajstić information content (AvgIpc) is 3.18. The molecule has 0 aliphatic carbocycles. The molecule has 9 heteroatoms. The Kier molecular flexibility index (Phi) is 18.2. The number of hydrogen-bond donors (Lipinski definition) is 1. The van der Waals surface area contributed by atoms with Gasteiger partial charge < -0.3 is 41.2 Å². The van der Waals surface area contributed by atoms with Crippen molar-refractivity contribution >= 4 is 29.0 Å². The van der Waals surface area contributed by atoms with Crippen LogP contribution in [0.5, 0.6) is 0 Å². The maximum absolute atomic E-state index is 10.9. The van der Waals surface area contributed by atoms with Gasteiger partial charge in [-0.3, -0.25) is 0 Å². The van der Waals surface area contributed by atoms with Crippen molar-refractivity contribution in [2.24, 2.45) is 0 Å². The number of aliphatic hydroxyl groups is 1. The number of carbonyl (C=O) groups excluding carboxylic acids is 1. The van der Waals surface area contributed by atoms with Crippen LogP contribution < -0.4 is 12.4 Å². The number of methoxy groups -OCH3 is 1. The van der Waals surface area contributed by atoms with Gasteiger partial charge in [-0.1, -0.05) is 12.2 Å². The van der Waals surface area contributed by atoms with Crippen LogP contribution in [0.2, 0.25) is 0 Å². The van der Waals surface area contributed by atoms with E-state index in [1.54, 1.807) is 26.0 Å². The topological polar surface area (TPSA) is 83.5 Å². The Morgan fingerprint density at radius 1 is 1.10 bits per heavy atom. The number of ether oxygens (including phenoxy) is 5. The van der Waals surface area contributed by atoms with E-state index >= 15 is 0 Å². The molecule has 0 spiro atoms. The number of rotatable bonds is 6. The zero-order valence-corrected chi connectivity index (χ0v) is 21.7. The molecule has 2 heterocycles. The van der Waals surface area contributed by atoms with Crippen molar-refractivity contribution in [2.45, 2.75) is 69.9 Å². The number of carbonyl (C=O) groups is 1. The van der Waals surface area contributed by atoms with Crippen molar-refractivity contribution in [3.8, 4) is 0 Å². The molecule has 31 heavy (non-hydrogen) atoms. The fourth-order valence-corrected chi connectivity index (χ4v) is 2.73. The Morgan fingerprint density at radius 3 is 1.81 bits per heavy atom. The molecule has 0 bridgehead atoms. The summed E-state index contributed by atoms with van der Waals surface area (Å²) in [5.41, 5.74) is -0.947. The van der Waals surface area contributed by atoms with Crippen molar-refractivity contribution in [3.05, 3.63) is 44.9 Å². The molecule has 2 unspecified atom stereocenters. The zero-order chi connectivity index (χ0) is 22.7. The minimum absolute atomic E-state index is 0. The number of halogens is 1. The van der Waals surface area contributed by atoms with Gasteiger partial charge in [0.1, 0.15) is 6.10 Å². The summed E-state index contributed by atoms with van der Waals surface area (Å²) in [5, 5.41) is 10.4. The van der Waals surface area contributed by atoms with E-state index in [1.165, 1.54) is 13.2 Å². The third kappa shape index (κ3) is 12.9. The van der Waals surface area contributed by atoms with Crippen molar-refractivity contribution in [1.82, 2.24) is 0 Å². The third-order valence-electron chi connectivity index (χ3n) is 4.08. The molecule has 0 saturated carbocycles. The van der Waals surface area contributed by atoms with E-state index in [0.29, 0.717) is 19.4 Å². The van der Waals surface area contributed by atoms with Crippen molar-refractivity contribution < 1.29 is 46.0 Å². The summed E-state index contributed by atoms with van der Waals surface area (Å²) in [7, 11) is 1.33. The minimum atomic E-state index is -0.947. The Bertz CT molecular complexity index is 542. The molecule has 0 radical (unpaired) electrons. The summed E-state index contributed by atoms with van der Waals surface area (Å²) >= 11 is 0. The summed E-state index contributed by atoms with van der Waals surface area (Å²) in [4.78, 5) is 10.9. The molecule has 0 aromatic heterocycles. The van der Waals surface area contributed by atoms with Crippen LogP contribution in [0, 0.1) is 6.92 Å². The smallest absolute Gasteiger partial charge is 1.00 e. The van der Waals surface area contributed by atoms with Crippen molar-refractivity contribution in [2.75, 3.05) is 20.3 Å². The summed E-state index contributed by atoms with van der Waals surface area (Å²) < 4.78 is 25.9.